The van der Waals surface area contributed by atoms with E-state index in [0.717, 1.165) is 25.3 Å². The van der Waals surface area contributed by atoms with Crippen LogP contribution in [-0.2, 0) is 0 Å². The summed E-state index contributed by atoms with van der Waals surface area (Å²) in [6.07, 6.45) is 2.59. The largest absolute Gasteiger partial charge is 0.399 e. The van der Waals surface area contributed by atoms with E-state index >= 15 is 0 Å². The number of carbonyl (C=O) groups excluding carboxylic acids is 1. The van der Waals surface area contributed by atoms with Crippen LogP contribution in [0.15, 0.2) is 18.3 Å². The fourth-order valence-electron chi connectivity index (χ4n) is 1.95. The normalized spacial score (nSPS) is 19.3. The Bertz CT molecular complexity index is 448. The molecular formula is C13H19N3OS. The summed E-state index contributed by atoms with van der Waals surface area (Å²) >= 11 is 1.92. The third-order valence-electron chi connectivity index (χ3n) is 3.13. The number of pyridine rings is 1. The lowest BCUT2D eigenvalue weighted by atomic mass is 10.1. The lowest BCUT2D eigenvalue weighted by molar-refractivity contribution is 0.0759. The number of amides is 1. The highest BCUT2D eigenvalue weighted by atomic mass is 32.2. The summed E-state index contributed by atoms with van der Waals surface area (Å²) in [5.74, 6) is 0.960. The lowest BCUT2D eigenvalue weighted by Crippen LogP contribution is -2.34. The summed E-state index contributed by atoms with van der Waals surface area (Å²) in [6.45, 7) is 6.02. The fourth-order valence-corrected chi connectivity index (χ4v) is 3.05. The Morgan fingerprint density at radius 1 is 1.50 bits per heavy atom. The highest BCUT2D eigenvalue weighted by Crippen LogP contribution is 2.30. The van der Waals surface area contributed by atoms with Crippen LogP contribution >= 0.6 is 11.8 Å². The molecule has 0 bridgehead atoms. The van der Waals surface area contributed by atoms with Crippen molar-refractivity contribution in [3.05, 3.63) is 24.0 Å². The van der Waals surface area contributed by atoms with Crippen molar-refractivity contribution >= 4 is 23.4 Å². The predicted molar refractivity (Wildman–Crippen MR) is 75.7 cm³/mol. The molecule has 1 saturated heterocycles. The topological polar surface area (TPSA) is 59.2 Å². The van der Waals surface area contributed by atoms with Gasteiger partial charge in [0, 0.05) is 35.5 Å². The highest BCUT2D eigenvalue weighted by Gasteiger charge is 2.26. The lowest BCUT2D eigenvalue weighted by Gasteiger charge is -2.22. The molecule has 0 aliphatic carbocycles. The van der Waals surface area contributed by atoms with Gasteiger partial charge in [-0.25, -0.2) is 0 Å². The molecule has 2 rings (SSSR count). The Labute approximate surface area is 112 Å². The second kappa shape index (κ2) is 5.18. The minimum absolute atomic E-state index is 0.0133. The Morgan fingerprint density at radius 3 is 3.00 bits per heavy atom. The van der Waals surface area contributed by atoms with Gasteiger partial charge >= 0.3 is 0 Å². The fraction of sp³-hybridized carbons (Fsp3) is 0.538. The number of nitrogen functional groups attached to an aromatic ring is 1. The first-order valence-corrected chi connectivity index (χ1v) is 7.11. The molecule has 0 unspecified atom stereocenters. The molecule has 1 aliphatic rings. The van der Waals surface area contributed by atoms with Gasteiger partial charge in [0.2, 0.25) is 0 Å². The van der Waals surface area contributed by atoms with Crippen molar-refractivity contribution in [1.82, 2.24) is 9.88 Å². The van der Waals surface area contributed by atoms with Crippen molar-refractivity contribution in [2.24, 2.45) is 0 Å². The van der Waals surface area contributed by atoms with E-state index in [9.17, 15) is 4.79 Å². The molecule has 1 aromatic rings. The van der Waals surface area contributed by atoms with E-state index in [4.69, 9.17) is 5.73 Å². The van der Waals surface area contributed by atoms with Gasteiger partial charge in [0.25, 0.3) is 5.91 Å². The molecule has 0 spiro atoms. The zero-order valence-corrected chi connectivity index (χ0v) is 11.7. The van der Waals surface area contributed by atoms with Crippen LogP contribution in [0.25, 0.3) is 0 Å². The maximum atomic E-state index is 12.3. The van der Waals surface area contributed by atoms with Crippen LogP contribution in [0.4, 0.5) is 5.69 Å². The molecule has 98 valence electrons. The van der Waals surface area contributed by atoms with Crippen LogP contribution in [0.2, 0.25) is 0 Å². The minimum Gasteiger partial charge on any atom is -0.399 e. The van der Waals surface area contributed by atoms with Gasteiger partial charge in [-0.05, 0) is 18.6 Å². The zero-order valence-electron chi connectivity index (χ0n) is 10.8. The van der Waals surface area contributed by atoms with E-state index in [1.165, 1.54) is 0 Å². The summed E-state index contributed by atoms with van der Waals surface area (Å²) < 4.78 is 0.248. The van der Waals surface area contributed by atoms with Gasteiger partial charge in [0.1, 0.15) is 5.69 Å². The maximum Gasteiger partial charge on any atom is 0.272 e. The number of rotatable bonds is 1. The molecule has 18 heavy (non-hydrogen) atoms. The summed E-state index contributed by atoms with van der Waals surface area (Å²) in [6, 6.07) is 3.34. The molecule has 4 nitrogen and oxygen atoms in total. The third kappa shape index (κ3) is 3.16. The number of thioether (sulfide) groups is 1. The first kappa shape index (κ1) is 13.2. The van der Waals surface area contributed by atoms with Gasteiger partial charge in [-0.15, -0.1) is 0 Å². The molecule has 2 heterocycles. The molecule has 0 atom stereocenters. The standard InChI is InChI=1S/C13H19N3OS/c1-13(2)4-6-16(7-8-18-13)12(17)11-9-10(14)3-5-15-11/h3,5,9H,4,6-8H2,1-2H3,(H2,14,15). The van der Waals surface area contributed by atoms with E-state index in [0.29, 0.717) is 11.4 Å². The number of hydrogen-bond donors (Lipinski definition) is 1. The van der Waals surface area contributed by atoms with Crippen LogP contribution in [0, 0.1) is 0 Å². The predicted octanol–water partition coefficient (Wildman–Crippen LogP) is 2.02. The number of nitrogens with zero attached hydrogens (tertiary/aromatic N) is 2. The highest BCUT2D eigenvalue weighted by molar-refractivity contribution is 8.00. The van der Waals surface area contributed by atoms with E-state index in [1.54, 1.807) is 18.3 Å². The molecule has 0 aromatic carbocycles. The molecule has 1 fully saturated rings. The second-order valence-electron chi connectivity index (χ2n) is 5.12. The van der Waals surface area contributed by atoms with Crippen LogP contribution < -0.4 is 5.73 Å². The molecular weight excluding hydrogens is 246 g/mol. The molecule has 0 saturated carbocycles. The van der Waals surface area contributed by atoms with Gasteiger partial charge < -0.3 is 10.6 Å². The number of hydrogen-bond acceptors (Lipinski definition) is 4. The Morgan fingerprint density at radius 2 is 2.28 bits per heavy atom. The van der Waals surface area contributed by atoms with Crippen LogP contribution in [0.1, 0.15) is 30.8 Å². The summed E-state index contributed by atoms with van der Waals surface area (Å²) in [5.41, 5.74) is 6.71. The Balaban J connectivity index is 2.10. The third-order valence-corrected chi connectivity index (χ3v) is 4.50. The molecule has 0 radical (unpaired) electrons. The maximum absolute atomic E-state index is 12.3. The van der Waals surface area contributed by atoms with Crippen molar-refractivity contribution in [2.75, 3.05) is 24.6 Å². The smallest absolute Gasteiger partial charge is 0.272 e. The quantitative estimate of drug-likeness (QED) is 0.844. The van der Waals surface area contributed by atoms with Gasteiger partial charge in [-0.1, -0.05) is 13.8 Å². The number of aromatic nitrogens is 1. The average Bonchev–Trinajstić information content (AvgIpc) is 2.49. The number of carbonyl (C=O) groups is 1. The van der Waals surface area contributed by atoms with Crippen molar-refractivity contribution in [1.29, 1.82) is 0 Å². The van der Waals surface area contributed by atoms with E-state index in [2.05, 4.69) is 18.8 Å². The molecule has 1 amide bonds. The van der Waals surface area contributed by atoms with Crippen LogP contribution in [-0.4, -0.2) is 39.4 Å². The summed E-state index contributed by atoms with van der Waals surface area (Å²) in [5, 5.41) is 0. The van der Waals surface area contributed by atoms with Crippen LogP contribution in [0.3, 0.4) is 0 Å². The van der Waals surface area contributed by atoms with E-state index < -0.39 is 0 Å². The summed E-state index contributed by atoms with van der Waals surface area (Å²) in [7, 11) is 0. The molecule has 2 N–H and O–H groups in total. The number of nitrogens with two attached hydrogens (primary N) is 1. The Hall–Kier alpha value is -1.23. The van der Waals surface area contributed by atoms with Crippen molar-refractivity contribution in [3.63, 3.8) is 0 Å². The second-order valence-corrected chi connectivity index (χ2v) is 6.93. The SMILES string of the molecule is CC1(C)CCN(C(=O)c2cc(N)ccn2)CCS1. The zero-order chi connectivity index (χ0) is 13.2. The summed E-state index contributed by atoms with van der Waals surface area (Å²) in [4.78, 5) is 18.3. The number of anilines is 1. The van der Waals surface area contributed by atoms with Crippen molar-refractivity contribution in [2.45, 2.75) is 25.0 Å². The minimum atomic E-state index is -0.0133. The first-order chi connectivity index (χ1) is 8.48. The van der Waals surface area contributed by atoms with E-state index in [1.807, 2.05) is 16.7 Å². The van der Waals surface area contributed by atoms with Gasteiger partial charge in [0.05, 0.1) is 0 Å². The first-order valence-electron chi connectivity index (χ1n) is 6.13. The monoisotopic (exact) mass is 265 g/mol. The molecule has 1 aromatic heterocycles. The van der Waals surface area contributed by atoms with Gasteiger partial charge in [0.15, 0.2) is 0 Å². The van der Waals surface area contributed by atoms with Crippen molar-refractivity contribution < 1.29 is 4.79 Å². The molecule has 5 heteroatoms. The van der Waals surface area contributed by atoms with E-state index in [-0.39, 0.29) is 10.7 Å². The molecule has 1 aliphatic heterocycles. The van der Waals surface area contributed by atoms with Crippen molar-refractivity contribution in [3.8, 4) is 0 Å². The van der Waals surface area contributed by atoms with Gasteiger partial charge in [-0.2, -0.15) is 11.8 Å². The Kier molecular flexibility index (Phi) is 3.80. The van der Waals surface area contributed by atoms with Crippen LogP contribution in [0.5, 0.6) is 0 Å². The van der Waals surface area contributed by atoms with Gasteiger partial charge in [-0.3, -0.25) is 9.78 Å². The average molecular weight is 265 g/mol.